The van der Waals surface area contributed by atoms with Crippen molar-refractivity contribution in [3.05, 3.63) is 84.8 Å². The molecule has 0 N–H and O–H groups in total. The van der Waals surface area contributed by atoms with Gasteiger partial charge in [-0.15, -0.1) is 0 Å². The maximum atomic E-state index is 5.28. The fourth-order valence-electron chi connectivity index (χ4n) is 2.83. The molecule has 4 aromatic rings. The Balaban J connectivity index is 1.58. The second-order valence-corrected chi connectivity index (χ2v) is 5.90. The molecule has 26 heavy (non-hydrogen) atoms. The SMILES string of the molecule is COc1cccc(Cn2ccc(-c3cccc(-c4ncccn4)c3)n2)c1. The van der Waals surface area contributed by atoms with Gasteiger partial charge in [-0.1, -0.05) is 30.3 Å². The Bertz CT molecular complexity index is 1010. The van der Waals surface area contributed by atoms with Crippen molar-refractivity contribution in [2.45, 2.75) is 6.54 Å². The first-order valence-electron chi connectivity index (χ1n) is 8.36. The van der Waals surface area contributed by atoms with Gasteiger partial charge in [0.25, 0.3) is 0 Å². The van der Waals surface area contributed by atoms with Gasteiger partial charge in [0.05, 0.1) is 19.3 Å². The lowest BCUT2D eigenvalue weighted by Gasteiger charge is -2.05. The Morgan fingerprint density at radius 2 is 1.69 bits per heavy atom. The fourth-order valence-corrected chi connectivity index (χ4v) is 2.83. The molecule has 0 radical (unpaired) electrons. The molecule has 0 unspecified atom stereocenters. The normalized spacial score (nSPS) is 10.7. The molecule has 5 heteroatoms. The number of ether oxygens (including phenoxy) is 1. The van der Waals surface area contributed by atoms with Gasteiger partial charge < -0.3 is 4.74 Å². The first kappa shape index (κ1) is 16.0. The Kier molecular flexibility index (Phi) is 4.43. The third kappa shape index (κ3) is 3.47. The van der Waals surface area contributed by atoms with E-state index < -0.39 is 0 Å². The number of benzene rings is 2. The Hall–Kier alpha value is -3.47. The molecular formula is C21H18N4O. The molecular weight excluding hydrogens is 324 g/mol. The van der Waals surface area contributed by atoms with Crippen molar-refractivity contribution < 1.29 is 4.74 Å². The summed E-state index contributed by atoms with van der Waals surface area (Å²) in [7, 11) is 1.68. The number of hydrogen-bond donors (Lipinski definition) is 0. The molecule has 5 nitrogen and oxygen atoms in total. The number of nitrogens with zero attached hydrogens (tertiary/aromatic N) is 4. The van der Waals surface area contributed by atoms with E-state index in [4.69, 9.17) is 9.84 Å². The third-order valence-corrected chi connectivity index (χ3v) is 4.10. The minimum Gasteiger partial charge on any atom is -0.497 e. The first-order valence-corrected chi connectivity index (χ1v) is 8.36. The van der Waals surface area contributed by atoms with Gasteiger partial charge in [0.15, 0.2) is 5.82 Å². The van der Waals surface area contributed by atoms with Crippen molar-refractivity contribution in [3.63, 3.8) is 0 Å². The molecule has 0 bridgehead atoms. The van der Waals surface area contributed by atoms with E-state index in [0.717, 1.165) is 28.1 Å². The standard InChI is InChI=1S/C21H18N4O/c1-26-19-8-2-5-16(13-19)15-25-12-9-20(24-25)17-6-3-7-18(14-17)21-22-10-4-11-23-21/h2-14H,15H2,1H3. The van der Waals surface area contributed by atoms with Crippen molar-refractivity contribution in [2.24, 2.45) is 0 Å². The summed E-state index contributed by atoms with van der Waals surface area (Å²) in [5.41, 5.74) is 4.08. The van der Waals surface area contributed by atoms with Crippen LogP contribution in [0.3, 0.4) is 0 Å². The van der Waals surface area contributed by atoms with Gasteiger partial charge in [0.2, 0.25) is 0 Å². The highest BCUT2D eigenvalue weighted by Crippen LogP contribution is 2.23. The van der Waals surface area contributed by atoms with E-state index in [-0.39, 0.29) is 0 Å². The van der Waals surface area contributed by atoms with Crippen LogP contribution in [0.25, 0.3) is 22.6 Å². The second kappa shape index (κ2) is 7.19. The van der Waals surface area contributed by atoms with Crippen molar-refractivity contribution in [1.82, 2.24) is 19.7 Å². The lowest BCUT2D eigenvalue weighted by molar-refractivity contribution is 0.414. The van der Waals surface area contributed by atoms with E-state index >= 15 is 0 Å². The summed E-state index contributed by atoms with van der Waals surface area (Å²) in [6, 6.07) is 20.0. The Morgan fingerprint density at radius 3 is 2.54 bits per heavy atom. The van der Waals surface area contributed by atoms with Gasteiger partial charge in [-0.3, -0.25) is 4.68 Å². The average Bonchev–Trinajstić information content (AvgIpc) is 3.17. The van der Waals surface area contributed by atoms with Crippen molar-refractivity contribution in [1.29, 1.82) is 0 Å². The average molecular weight is 342 g/mol. The molecule has 0 fully saturated rings. The van der Waals surface area contributed by atoms with E-state index in [0.29, 0.717) is 12.4 Å². The molecule has 2 heterocycles. The predicted molar refractivity (Wildman–Crippen MR) is 101 cm³/mol. The summed E-state index contributed by atoms with van der Waals surface area (Å²) in [5.74, 6) is 1.57. The van der Waals surface area contributed by atoms with Crippen molar-refractivity contribution in [2.75, 3.05) is 7.11 Å². The lowest BCUT2D eigenvalue weighted by atomic mass is 10.1. The quantitative estimate of drug-likeness (QED) is 0.549. The summed E-state index contributed by atoms with van der Waals surface area (Å²) in [5, 5.41) is 4.70. The lowest BCUT2D eigenvalue weighted by Crippen LogP contribution is -2.00. The van der Waals surface area contributed by atoms with Crippen LogP contribution in [-0.4, -0.2) is 26.9 Å². The molecule has 4 rings (SSSR count). The maximum absolute atomic E-state index is 5.28. The topological polar surface area (TPSA) is 52.8 Å². The van der Waals surface area contributed by atoms with E-state index in [1.165, 1.54) is 0 Å². The van der Waals surface area contributed by atoms with E-state index in [2.05, 4.69) is 22.1 Å². The smallest absolute Gasteiger partial charge is 0.159 e. The summed E-state index contributed by atoms with van der Waals surface area (Å²) >= 11 is 0. The van der Waals surface area contributed by atoms with Gasteiger partial charge in [0.1, 0.15) is 5.75 Å². The molecule has 0 saturated carbocycles. The number of rotatable bonds is 5. The van der Waals surface area contributed by atoms with Crippen LogP contribution in [0.2, 0.25) is 0 Å². The molecule has 2 aromatic carbocycles. The minimum absolute atomic E-state index is 0.693. The highest BCUT2D eigenvalue weighted by molar-refractivity contribution is 5.67. The van der Waals surface area contributed by atoms with Crippen LogP contribution < -0.4 is 4.74 Å². The minimum atomic E-state index is 0.693. The van der Waals surface area contributed by atoms with Crippen LogP contribution in [0.1, 0.15) is 5.56 Å². The van der Waals surface area contributed by atoms with Crippen molar-refractivity contribution >= 4 is 0 Å². The molecule has 0 aliphatic carbocycles. The summed E-state index contributed by atoms with van der Waals surface area (Å²) in [4.78, 5) is 8.63. The fraction of sp³-hybridized carbons (Fsp3) is 0.0952. The third-order valence-electron chi connectivity index (χ3n) is 4.10. The first-order chi connectivity index (χ1) is 12.8. The van der Waals surface area contributed by atoms with Crippen LogP contribution in [0, 0.1) is 0 Å². The Labute approximate surface area is 151 Å². The van der Waals surface area contributed by atoms with Crippen LogP contribution in [0.15, 0.2) is 79.3 Å². The van der Waals surface area contributed by atoms with Crippen LogP contribution >= 0.6 is 0 Å². The monoisotopic (exact) mass is 342 g/mol. The highest BCUT2D eigenvalue weighted by Gasteiger charge is 2.07. The molecule has 0 saturated heterocycles. The maximum Gasteiger partial charge on any atom is 0.159 e. The highest BCUT2D eigenvalue weighted by atomic mass is 16.5. The van der Waals surface area contributed by atoms with Gasteiger partial charge in [0, 0.05) is 29.7 Å². The molecule has 0 atom stereocenters. The Morgan fingerprint density at radius 1 is 0.885 bits per heavy atom. The van der Waals surface area contributed by atoms with Gasteiger partial charge in [-0.25, -0.2) is 9.97 Å². The predicted octanol–water partition coefficient (Wildman–Crippen LogP) is 4.06. The zero-order valence-corrected chi connectivity index (χ0v) is 14.4. The van der Waals surface area contributed by atoms with Gasteiger partial charge >= 0.3 is 0 Å². The van der Waals surface area contributed by atoms with Gasteiger partial charge in [-0.2, -0.15) is 5.10 Å². The zero-order chi connectivity index (χ0) is 17.8. The zero-order valence-electron chi connectivity index (χ0n) is 14.4. The van der Waals surface area contributed by atoms with E-state index in [1.807, 2.05) is 59.4 Å². The summed E-state index contributed by atoms with van der Waals surface area (Å²) in [6.45, 7) is 0.693. The molecule has 128 valence electrons. The number of methoxy groups -OCH3 is 1. The molecule has 0 aliphatic rings. The van der Waals surface area contributed by atoms with E-state index in [9.17, 15) is 0 Å². The van der Waals surface area contributed by atoms with Crippen LogP contribution in [0.5, 0.6) is 5.75 Å². The van der Waals surface area contributed by atoms with Crippen LogP contribution in [0.4, 0.5) is 0 Å². The van der Waals surface area contributed by atoms with Crippen molar-refractivity contribution in [3.8, 4) is 28.4 Å². The van der Waals surface area contributed by atoms with Crippen LogP contribution in [-0.2, 0) is 6.54 Å². The summed E-state index contributed by atoms with van der Waals surface area (Å²) < 4.78 is 7.21. The summed E-state index contributed by atoms with van der Waals surface area (Å²) in [6.07, 6.45) is 5.48. The number of hydrogen-bond acceptors (Lipinski definition) is 4. The van der Waals surface area contributed by atoms with Gasteiger partial charge in [-0.05, 0) is 35.9 Å². The largest absolute Gasteiger partial charge is 0.497 e. The molecule has 0 spiro atoms. The molecule has 0 aliphatic heterocycles. The molecule has 2 aromatic heterocycles. The second-order valence-electron chi connectivity index (χ2n) is 5.90. The number of aromatic nitrogens is 4. The van der Waals surface area contributed by atoms with E-state index in [1.54, 1.807) is 19.5 Å². The molecule has 0 amide bonds.